The van der Waals surface area contributed by atoms with Crippen LogP contribution in [0.4, 0.5) is 0 Å². The fourth-order valence-corrected chi connectivity index (χ4v) is 3.83. The van der Waals surface area contributed by atoms with Crippen LogP contribution in [0.15, 0.2) is 46.9 Å². The molecule has 0 saturated carbocycles. The van der Waals surface area contributed by atoms with Gasteiger partial charge in [0.15, 0.2) is 5.22 Å². The number of fused-ring (bicyclic) bond motifs is 1. The molecule has 2 fully saturated rings. The molecular formula is C18H21ClN2O2. The van der Waals surface area contributed by atoms with E-state index >= 15 is 0 Å². The molecule has 1 aromatic heterocycles. The van der Waals surface area contributed by atoms with Crippen LogP contribution in [0.2, 0.25) is 5.22 Å². The van der Waals surface area contributed by atoms with Crippen molar-refractivity contribution >= 4 is 11.6 Å². The fraction of sp³-hybridized carbons (Fsp3) is 0.444. The number of furan rings is 1. The van der Waals surface area contributed by atoms with Crippen molar-refractivity contribution in [1.82, 2.24) is 9.80 Å². The van der Waals surface area contributed by atoms with E-state index in [9.17, 15) is 0 Å². The summed E-state index contributed by atoms with van der Waals surface area (Å²) >= 11 is 5.86. The van der Waals surface area contributed by atoms with Crippen LogP contribution in [0.1, 0.15) is 17.4 Å². The first-order chi connectivity index (χ1) is 11.3. The highest BCUT2D eigenvalue weighted by atomic mass is 35.5. The highest BCUT2D eigenvalue weighted by Crippen LogP contribution is 2.30. The summed E-state index contributed by atoms with van der Waals surface area (Å²) in [6.45, 7) is 5.50. The monoisotopic (exact) mass is 332 g/mol. The molecule has 2 saturated heterocycles. The summed E-state index contributed by atoms with van der Waals surface area (Å²) in [5.41, 5.74) is 1.35. The fourth-order valence-electron chi connectivity index (χ4n) is 3.67. The van der Waals surface area contributed by atoms with E-state index < -0.39 is 0 Å². The molecule has 2 aliphatic heterocycles. The van der Waals surface area contributed by atoms with Crippen LogP contribution in [0.25, 0.3) is 0 Å². The number of piperazine rings is 1. The maximum absolute atomic E-state index is 5.90. The summed E-state index contributed by atoms with van der Waals surface area (Å²) in [7, 11) is 0. The second-order valence-electron chi connectivity index (χ2n) is 6.30. The van der Waals surface area contributed by atoms with Gasteiger partial charge in [0.2, 0.25) is 0 Å². The molecule has 0 spiro atoms. The van der Waals surface area contributed by atoms with Gasteiger partial charge in [-0.15, -0.1) is 0 Å². The summed E-state index contributed by atoms with van der Waals surface area (Å²) in [6, 6.07) is 15.3. The Bertz CT molecular complexity index is 645. The normalized spacial score (nSPS) is 26.1. The molecule has 4 nitrogen and oxygen atoms in total. The Morgan fingerprint density at radius 2 is 1.91 bits per heavy atom. The first kappa shape index (κ1) is 15.2. The van der Waals surface area contributed by atoms with Crippen molar-refractivity contribution in [1.29, 1.82) is 0 Å². The largest absolute Gasteiger partial charge is 0.448 e. The number of halogens is 1. The third-order valence-electron chi connectivity index (χ3n) is 4.79. The molecule has 5 heteroatoms. The summed E-state index contributed by atoms with van der Waals surface area (Å²) in [5.74, 6) is 0.930. The number of hydrogen-bond donors (Lipinski definition) is 0. The smallest absolute Gasteiger partial charge is 0.193 e. The van der Waals surface area contributed by atoms with E-state index in [0.717, 1.165) is 45.2 Å². The number of hydrogen-bond acceptors (Lipinski definition) is 4. The van der Waals surface area contributed by atoms with E-state index in [4.69, 9.17) is 20.8 Å². The van der Waals surface area contributed by atoms with Crippen molar-refractivity contribution in [2.45, 2.75) is 18.6 Å². The lowest BCUT2D eigenvalue weighted by Gasteiger charge is -2.48. The molecule has 3 heterocycles. The summed E-state index contributed by atoms with van der Waals surface area (Å²) < 4.78 is 11.4. The molecule has 0 amide bonds. The molecule has 2 aromatic rings. The van der Waals surface area contributed by atoms with Gasteiger partial charge in [0, 0.05) is 25.7 Å². The van der Waals surface area contributed by atoms with Crippen LogP contribution < -0.4 is 0 Å². The van der Waals surface area contributed by atoms with Gasteiger partial charge in [0.05, 0.1) is 25.8 Å². The second-order valence-corrected chi connectivity index (χ2v) is 6.67. The molecular weight excluding hydrogens is 312 g/mol. The predicted molar refractivity (Wildman–Crippen MR) is 89.5 cm³/mol. The Morgan fingerprint density at radius 3 is 2.70 bits per heavy atom. The third-order valence-corrected chi connectivity index (χ3v) is 4.99. The van der Waals surface area contributed by atoms with Crippen molar-refractivity contribution in [3.05, 3.63) is 59.0 Å². The number of morpholine rings is 1. The molecule has 1 aromatic carbocycles. The summed E-state index contributed by atoms with van der Waals surface area (Å²) in [5, 5.41) is 0.462. The SMILES string of the molecule is Clc1ccc(CN2CCN3[C@@H](COC[C@@H]3c3ccccc3)C2)o1. The van der Waals surface area contributed by atoms with Gasteiger partial charge in [-0.2, -0.15) is 0 Å². The van der Waals surface area contributed by atoms with Gasteiger partial charge in [0.25, 0.3) is 0 Å². The van der Waals surface area contributed by atoms with Crippen molar-refractivity contribution in [3.63, 3.8) is 0 Å². The van der Waals surface area contributed by atoms with Crippen LogP contribution in [0.3, 0.4) is 0 Å². The standard InChI is InChI=1S/C18H21ClN2O2/c19-18-7-6-16(23-18)11-20-8-9-21-15(10-20)12-22-13-17(21)14-4-2-1-3-5-14/h1-7,15,17H,8-13H2/t15-,17-/m1/s1. The Kier molecular flexibility index (Phi) is 4.40. The second kappa shape index (κ2) is 6.65. The molecule has 0 aliphatic carbocycles. The molecule has 2 atom stereocenters. The highest BCUT2D eigenvalue weighted by molar-refractivity contribution is 6.28. The van der Waals surface area contributed by atoms with E-state index in [1.807, 2.05) is 12.1 Å². The van der Waals surface area contributed by atoms with Gasteiger partial charge in [-0.3, -0.25) is 9.80 Å². The number of nitrogens with zero attached hydrogens (tertiary/aromatic N) is 2. The quantitative estimate of drug-likeness (QED) is 0.863. The number of rotatable bonds is 3. The molecule has 2 aliphatic rings. The highest BCUT2D eigenvalue weighted by Gasteiger charge is 2.36. The van der Waals surface area contributed by atoms with Gasteiger partial charge in [0.1, 0.15) is 5.76 Å². The zero-order valence-corrected chi connectivity index (χ0v) is 13.8. The minimum atomic E-state index is 0.371. The first-order valence-corrected chi connectivity index (χ1v) is 8.52. The topological polar surface area (TPSA) is 28.9 Å². The van der Waals surface area contributed by atoms with E-state index in [0.29, 0.717) is 17.3 Å². The number of ether oxygens (including phenoxy) is 1. The van der Waals surface area contributed by atoms with E-state index in [1.165, 1.54) is 5.56 Å². The molecule has 23 heavy (non-hydrogen) atoms. The van der Waals surface area contributed by atoms with Gasteiger partial charge in [-0.05, 0) is 29.3 Å². The van der Waals surface area contributed by atoms with Crippen LogP contribution >= 0.6 is 11.6 Å². The van der Waals surface area contributed by atoms with Crippen molar-refractivity contribution in [2.24, 2.45) is 0 Å². The molecule has 122 valence electrons. The summed E-state index contributed by atoms with van der Waals surface area (Å²) in [4.78, 5) is 5.03. The maximum Gasteiger partial charge on any atom is 0.193 e. The maximum atomic E-state index is 5.90. The zero-order chi connectivity index (χ0) is 15.6. The minimum absolute atomic E-state index is 0.371. The lowest BCUT2D eigenvalue weighted by atomic mass is 10.00. The Morgan fingerprint density at radius 1 is 1.04 bits per heavy atom. The van der Waals surface area contributed by atoms with E-state index in [-0.39, 0.29) is 0 Å². The van der Waals surface area contributed by atoms with Gasteiger partial charge >= 0.3 is 0 Å². The van der Waals surface area contributed by atoms with Crippen LogP contribution in [-0.2, 0) is 11.3 Å². The first-order valence-electron chi connectivity index (χ1n) is 8.14. The summed E-state index contributed by atoms with van der Waals surface area (Å²) in [6.07, 6.45) is 0. The van der Waals surface area contributed by atoms with Crippen LogP contribution in [0, 0.1) is 0 Å². The van der Waals surface area contributed by atoms with Gasteiger partial charge in [-0.25, -0.2) is 0 Å². The van der Waals surface area contributed by atoms with Crippen LogP contribution in [-0.4, -0.2) is 48.7 Å². The molecule has 0 radical (unpaired) electrons. The van der Waals surface area contributed by atoms with E-state index in [1.54, 1.807) is 0 Å². The third kappa shape index (κ3) is 3.31. The van der Waals surface area contributed by atoms with Crippen molar-refractivity contribution in [2.75, 3.05) is 32.8 Å². The van der Waals surface area contributed by atoms with Gasteiger partial charge < -0.3 is 9.15 Å². The van der Waals surface area contributed by atoms with Crippen molar-refractivity contribution < 1.29 is 9.15 Å². The minimum Gasteiger partial charge on any atom is -0.448 e. The van der Waals surface area contributed by atoms with Gasteiger partial charge in [-0.1, -0.05) is 30.3 Å². The molecule has 0 N–H and O–H groups in total. The average molecular weight is 333 g/mol. The number of benzene rings is 1. The molecule has 4 rings (SSSR count). The van der Waals surface area contributed by atoms with Crippen molar-refractivity contribution in [3.8, 4) is 0 Å². The van der Waals surface area contributed by atoms with Crippen LogP contribution in [0.5, 0.6) is 0 Å². The van der Waals surface area contributed by atoms with E-state index in [2.05, 4.69) is 40.1 Å². The average Bonchev–Trinajstić information content (AvgIpc) is 3.00. The Balaban J connectivity index is 1.44. The molecule has 0 bridgehead atoms. The lowest BCUT2D eigenvalue weighted by Crippen LogP contribution is -2.58. The Labute approximate surface area is 141 Å². The lowest BCUT2D eigenvalue weighted by molar-refractivity contribution is -0.0842. The molecule has 0 unspecified atom stereocenters. The Hall–Kier alpha value is -1.33. The zero-order valence-electron chi connectivity index (χ0n) is 13.0. The predicted octanol–water partition coefficient (Wildman–Crippen LogP) is 3.19.